The van der Waals surface area contributed by atoms with Crippen molar-refractivity contribution in [3.05, 3.63) is 28.8 Å². The van der Waals surface area contributed by atoms with Gasteiger partial charge in [-0.3, -0.25) is 9.59 Å². The molecule has 1 fully saturated rings. The van der Waals surface area contributed by atoms with Gasteiger partial charge in [-0.15, -0.1) is 0 Å². The summed E-state index contributed by atoms with van der Waals surface area (Å²) < 4.78 is 0. The first kappa shape index (κ1) is 16.8. The number of carbonyl (C=O) groups excluding carboxylic acids is 2. The second kappa shape index (κ2) is 7.14. The van der Waals surface area contributed by atoms with E-state index in [1.54, 1.807) is 30.1 Å². The predicted octanol–water partition coefficient (Wildman–Crippen LogP) is 3.95. The quantitative estimate of drug-likeness (QED) is 0.912. The van der Waals surface area contributed by atoms with E-state index in [1.807, 2.05) is 13.8 Å². The van der Waals surface area contributed by atoms with Crippen LogP contribution >= 0.6 is 11.6 Å². The second-order valence-corrected chi connectivity index (χ2v) is 6.58. The van der Waals surface area contributed by atoms with Crippen molar-refractivity contribution < 1.29 is 9.59 Å². The summed E-state index contributed by atoms with van der Waals surface area (Å²) in [6.45, 7) is 3.91. The number of rotatable bonds is 4. The summed E-state index contributed by atoms with van der Waals surface area (Å²) >= 11 is 6.15. The van der Waals surface area contributed by atoms with E-state index >= 15 is 0 Å². The minimum absolute atomic E-state index is 0.00112. The summed E-state index contributed by atoms with van der Waals surface area (Å²) in [5.74, 6) is -0.0157. The van der Waals surface area contributed by atoms with Crippen molar-refractivity contribution in [1.82, 2.24) is 4.90 Å². The maximum Gasteiger partial charge on any atom is 0.253 e. The zero-order chi connectivity index (χ0) is 16.3. The van der Waals surface area contributed by atoms with E-state index in [0.717, 1.165) is 25.7 Å². The minimum atomic E-state index is -0.0805. The molecular formula is C17H23ClN2O2. The molecule has 0 radical (unpaired) electrons. The largest absolute Gasteiger partial charge is 0.339 e. The number of nitrogens with one attached hydrogen (secondary N) is 1. The lowest BCUT2D eigenvalue weighted by Gasteiger charge is -2.22. The molecule has 0 aromatic heterocycles. The molecule has 0 spiro atoms. The molecule has 1 aliphatic carbocycles. The topological polar surface area (TPSA) is 49.4 Å². The smallest absolute Gasteiger partial charge is 0.253 e. The van der Waals surface area contributed by atoms with E-state index in [2.05, 4.69) is 5.32 Å². The molecule has 22 heavy (non-hydrogen) atoms. The first-order chi connectivity index (χ1) is 10.4. The Balaban J connectivity index is 2.16. The molecule has 1 aromatic carbocycles. The number of halogens is 1. The molecule has 0 bridgehead atoms. The highest BCUT2D eigenvalue weighted by Crippen LogP contribution is 2.29. The van der Waals surface area contributed by atoms with E-state index in [4.69, 9.17) is 11.6 Å². The first-order valence-electron chi connectivity index (χ1n) is 7.77. The summed E-state index contributed by atoms with van der Waals surface area (Å²) in [5.41, 5.74) is 1.05. The van der Waals surface area contributed by atoms with Crippen LogP contribution in [0.15, 0.2) is 18.2 Å². The predicted molar refractivity (Wildman–Crippen MR) is 89.3 cm³/mol. The molecule has 5 heteroatoms. The molecule has 2 amide bonds. The Labute approximate surface area is 136 Å². The highest BCUT2D eigenvalue weighted by atomic mass is 35.5. The number of amides is 2. The van der Waals surface area contributed by atoms with Crippen LogP contribution in [0.1, 0.15) is 49.9 Å². The SMILES string of the molecule is CC(C)N(C)C(=O)c1ccc(Cl)c(NC(=O)C2CCCC2)c1. The minimum Gasteiger partial charge on any atom is -0.339 e. The van der Waals surface area contributed by atoms with Crippen molar-refractivity contribution in [3.8, 4) is 0 Å². The first-order valence-corrected chi connectivity index (χ1v) is 8.15. The van der Waals surface area contributed by atoms with Crippen LogP contribution in [-0.4, -0.2) is 29.8 Å². The molecule has 1 aliphatic rings. The number of anilines is 1. The van der Waals surface area contributed by atoms with Crippen molar-refractivity contribution in [1.29, 1.82) is 0 Å². The molecule has 0 heterocycles. The van der Waals surface area contributed by atoms with Crippen molar-refractivity contribution in [2.75, 3.05) is 12.4 Å². The fourth-order valence-corrected chi connectivity index (χ4v) is 2.78. The monoisotopic (exact) mass is 322 g/mol. The summed E-state index contributed by atoms with van der Waals surface area (Å²) in [7, 11) is 1.76. The Morgan fingerprint density at radius 1 is 1.27 bits per heavy atom. The Morgan fingerprint density at radius 3 is 2.50 bits per heavy atom. The van der Waals surface area contributed by atoms with Gasteiger partial charge in [0, 0.05) is 24.6 Å². The molecule has 2 rings (SSSR count). The highest BCUT2D eigenvalue weighted by Gasteiger charge is 2.23. The molecule has 0 atom stereocenters. The van der Waals surface area contributed by atoms with Crippen LogP contribution in [0.5, 0.6) is 0 Å². The summed E-state index contributed by atoms with van der Waals surface area (Å²) in [6, 6.07) is 5.12. The zero-order valence-electron chi connectivity index (χ0n) is 13.4. The molecule has 1 saturated carbocycles. The summed E-state index contributed by atoms with van der Waals surface area (Å²) in [6.07, 6.45) is 4.06. The van der Waals surface area contributed by atoms with Gasteiger partial charge in [-0.25, -0.2) is 0 Å². The Hall–Kier alpha value is -1.55. The van der Waals surface area contributed by atoms with Gasteiger partial charge in [-0.05, 0) is 44.9 Å². The van der Waals surface area contributed by atoms with Gasteiger partial charge in [0.05, 0.1) is 10.7 Å². The summed E-state index contributed by atoms with van der Waals surface area (Å²) in [4.78, 5) is 26.2. The van der Waals surface area contributed by atoms with Crippen LogP contribution in [0.2, 0.25) is 5.02 Å². The molecule has 1 aromatic rings. The van der Waals surface area contributed by atoms with Crippen LogP contribution in [0, 0.1) is 5.92 Å². The van der Waals surface area contributed by atoms with Crippen molar-refractivity contribution in [2.24, 2.45) is 5.92 Å². The average molecular weight is 323 g/mol. The third-order valence-electron chi connectivity index (χ3n) is 4.29. The Bertz CT molecular complexity index is 566. The third-order valence-corrected chi connectivity index (χ3v) is 4.62. The van der Waals surface area contributed by atoms with Gasteiger partial charge in [0.2, 0.25) is 5.91 Å². The lowest BCUT2D eigenvalue weighted by atomic mass is 10.1. The fraction of sp³-hybridized carbons (Fsp3) is 0.529. The normalized spacial score (nSPS) is 15.1. The Kier molecular flexibility index (Phi) is 5.46. The number of hydrogen-bond donors (Lipinski definition) is 1. The number of benzene rings is 1. The van der Waals surface area contributed by atoms with Gasteiger partial charge in [-0.1, -0.05) is 24.4 Å². The van der Waals surface area contributed by atoms with Crippen LogP contribution in [0.3, 0.4) is 0 Å². The van der Waals surface area contributed by atoms with E-state index in [0.29, 0.717) is 16.3 Å². The number of hydrogen-bond acceptors (Lipinski definition) is 2. The van der Waals surface area contributed by atoms with Crippen LogP contribution in [0.4, 0.5) is 5.69 Å². The molecule has 0 saturated heterocycles. The molecule has 0 unspecified atom stereocenters. The van der Waals surface area contributed by atoms with Crippen molar-refractivity contribution >= 4 is 29.1 Å². The van der Waals surface area contributed by atoms with E-state index in [-0.39, 0.29) is 23.8 Å². The van der Waals surface area contributed by atoms with Gasteiger partial charge in [0.1, 0.15) is 0 Å². The van der Waals surface area contributed by atoms with Crippen LogP contribution < -0.4 is 5.32 Å². The van der Waals surface area contributed by atoms with Crippen molar-refractivity contribution in [2.45, 2.75) is 45.6 Å². The molecular weight excluding hydrogens is 300 g/mol. The molecule has 1 N–H and O–H groups in total. The molecule has 0 aliphatic heterocycles. The lowest BCUT2D eigenvalue weighted by Crippen LogP contribution is -2.33. The van der Waals surface area contributed by atoms with Crippen molar-refractivity contribution in [3.63, 3.8) is 0 Å². The van der Waals surface area contributed by atoms with E-state index < -0.39 is 0 Å². The fourth-order valence-electron chi connectivity index (χ4n) is 2.62. The Morgan fingerprint density at radius 2 is 1.91 bits per heavy atom. The van der Waals surface area contributed by atoms with E-state index in [9.17, 15) is 9.59 Å². The zero-order valence-corrected chi connectivity index (χ0v) is 14.1. The second-order valence-electron chi connectivity index (χ2n) is 6.18. The van der Waals surface area contributed by atoms with E-state index in [1.165, 1.54) is 0 Å². The van der Waals surface area contributed by atoms with Crippen LogP contribution in [0.25, 0.3) is 0 Å². The van der Waals surface area contributed by atoms with Gasteiger partial charge in [0.25, 0.3) is 5.91 Å². The standard InChI is InChI=1S/C17H23ClN2O2/c1-11(2)20(3)17(22)13-8-9-14(18)15(10-13)19-16(21)12-6-4-5-7-12/h8-12H,4-7H2,1-3H3,(H,19,21). The van der Waals surface area contributed by atoms with Crippen LogP contribution in [-0.2, 0) is 4.79 Å². The number of carbonyl (C=O) groups is 2. The van der Waals surface area contributed by atoms with Gasteiger partial charge >= 0.3 is 0 Å². The highest BCUT2D eigenvalue weighted by molar-refractivity contribution is 6.33. The van der Waals surface area contributed by atoms with Gasteiger partial charge < -0.3 is 10.2 Å². The molecule has 4 nitrogen and oxygen atoms in total. The van der Waals surface area contributed by atoms with Gasteiger partial charge in [-0.2, -0.15) is 0 Å². The third kappa shape index (κ3) is 3.80. The summed E-state index contributed by atoms with van der Waals surface area (Å²) in [5, 5.41) is 3.33. The average Bonchev–Trinajstić information content (AvgIpc) is 3.02. The number of nitrogens with zero attached hydrogens (tertiary/aromatic N) is 1. The maximum absolute atomic E-state index is 12.4. The van der Waals surface area contributed by atoms with Gasteiger partial charge in [0.15, 0.2) is 0 Å². The molecule has 120 valence electrons. The maximum atomic E-state index is 12.4. The lowest BCUT2D eigenvalue weighted by molar-refractivity contribution is -0.119.